The predicted octanol–water partition coefficient (Wildman–Crippen LogP) is 4.31. The molecular formula is C17H16BrFN2. The molecule has 3 aromatic rings. The molecule has 0 aliphatic rings. The summed E-state index contributed by atoms with van der Waals surface area (Å²) in [6, 6.07) is 13.6. The Kier molecular flexibility index (Phi) is 4.08. The molecule has 0 atom stereocenters. The van der Waals surface area contributed by atoms with Crippen molar-refractivity contribution in [1.82, 2.24) is 9.88 Å². The Labute approximate surface area is 131 Å². The number of nitrogens with one attached hydrogen (secondary N) is 1. The van der Waals surface area contributed by atoms with Gasteiger partial charge in [0.2, 0.25) is 0 Å². The van der Waals surface area contributed by atoms with Crippen LogP contribution in [0.5, 0.6) is 0 Å². The highest BCUT2D eigenvalue weighted by Gasteiger charge is 2.07. The summed E-state index contributed by atoms with van der Waals surface area (Å²) in [4.78, 5) is 0. The fraction of sp³-hybridized carbons (Fsp3) is 0.176. The van der Waals surface area contributed by atoms with Crippen molar-refractivity contribution in [3.05, 3.63) is 70.1 Å². The van der Waals surface area contributed by atoms with E-state index in [1.807, 2.05) is 25.4 Å². The van der Waals surface area contributed by atoms with Crippen molar-refractivity contribution in [2.24, 2.45) is 0 Å². The Morgan fingerprint density at radius 1 is 1.14 bits per heavy atom. The van der Waals surface area contributed by atoms with Crippen molar-refractivity contribution < 1.29 is 4.39 Å². The van der Waals surface area contributed by atoms with Crippen LogP contribution in [-0.2, 0) is 13.1 Å². The van der Waals surface area contributed by atoms with E-state index in [0.29, 0.717) is 12.1 Å². The van der Waals surface area contributed by atoms with Crippen LogP contribution in [0.4, 0.5) is 4.39 Å². The van der Waals surface area contributed by atoms with Crippen LogP contribution in [-0.4, -0.2) is 11.6 Å². The number of hydrogen-bond acceptors (Lipinski definition) is 1. The smallest absolute Gasteiger partial charge is 0.129 e. The second kappa shape index (κ2) is 6.00. The molecule has 2 nitrogen and oxygen atoms in total. The number of rotatable bonds is 4. The molecule has 0 spiro atoms. The molecule has 2 aromatic carbocycles. The maximum atomic E-state index is 14.0. The van der Waals surface area contributed by atoms with Crippen LogP contribution in [0.2, 0.25) is 0 Å². The molecule has 0 bridgehead atoms. The molecule has 0 unspecified atom stereocenters. The lowest BCUT2D eigenvalue weighted by Crippen LogP contribution is -2.05. The zero-order chi connectivity index (χ0) is 14.8. The molecule has 0 saturated carbocycles. The lowest BCUT2D eigenvalue weighted by atomic mass is 10.1. The van der Waals surface area contributed by atoms with E-state index in [4.69, 9.17) is 0 Å². The van der Waals surface area contributed by atoms with E-state index >= 15 is 0 Å². The minimum Gasteiger partial charge on any atom is -0.343 e. The fourth-order valence-corrected chi connectivity index (χ4v) is 2.85. The fourth-order valence-electron chi connectivity index (χ4n) is 2.51. The Morgan fingerprint density at radius 3 is 2.76 bits per heavy atom. The summed E-state index contributed by atoms with van der Waals surface area (Å²) in [6.45, 7) is 1.36. The third kappa shape index (κ3) is 3.01. The van der Waals surface area contributed by atoms with Gasteiger partial charge in [0.15, 0.2) is 0 Å². The van der Waals surface area contributed by atoms with E-state index in [-0.39, 0.29) is 5.82 Å². The molecule has 0 fully saturated rings. The van der Waals surface area contributed by atoms with E-state index in [2.05, 4.69) is 50.1 Å². The summed E-state index contributed by atoms with van der Waals surface area (Å²) in [5, 5.41) is 4.32. The van der Waals surface area contributed by atoms with Crippen LogP contribution in [0.3, 0.4) is 0 Å². The third-order valence-electron chi connectivity index (χ3n) is 3.58. The number of hydrogen-bond donors (Lipinski definition) is 1. The van der Waals surface area contributed by atoms with Gasteiger partial charge in [-0.2, -0.15) is 0 Å². The van der Waals surface area contributed by atoms with E-state index in [1.165, 1.54) is 17.0 Å². The van der Waals surface area contributed by atoms with Crippen molar-refractivity contribution >= 4 is 26.8 Å². The van der Waals surface area contributed by atoms with Crippen LogP contribution in [0.15, 0.2) is 53.1 Å². The molecule has 108 valence electrons. The summed E-state index contributed by atoms with van der Waals surface area (Å²) < 4.78 is 16.8. The average Bonchev–Trinajstić information content (AvgIpc) is 2.85. The maximum Gasteiger partial charge on any atom is 0.129 e. The molecule has 1 aromatic heterocycles. The number of halogens is 2. The first-order chi connectivity index (χ1) is 10.2. The van der Waals surface area contributed by atoms with Gasteiger partial charge in [-0.1, -0.05) is 34.1 Å². The Hall–Kier alpha value is -1.65. The van der Waals surface area contributed by atoms with Gasteiger partial charge in [-0.15, -0.1) is 0 Å². The van der Waals surface area contributed by atoms with Crippen LogP contribution < -0.4 is 5.32 Å². The molecule has 21 heavy (non-hydrogen) atoms. The van der Waals surface area contributed by atoms with Crippen LogP contribution in [0.1, 0.15) is 11.1 Å². The summed E-state index contributed by atoms with van der Waals surface area (Å²) in [7, 11) is 1.93. The number of fused-ring (bicyclic) bond motifs is 1. The summed E-state index contributed by atoms with van der Waals surface area (Å²) in [6.07, 6.45) is 2.01. The second-order valence-electron chi connectivity index (χ2n) is 5.10. The summed E-state index contributed by atoms with van der Waals surface area (Å²) >= 11 is 3.29. The molecule has 4 heteroatoms. The number of aromatic nitrogens is 1. The van der Waals surface area contributed by atoms with Gasteiger partial charge < -0.3 is 9.88 Å². The highest BCUT2D eigenvalue weighted by Crippen LogP contribution is 2.21. The minimum absolute atomic E-state index is 0.183. The lowest BCUT2D eigenvalue weighted by Gasteiger charge is -2.08. The van der Waals surface area contributed by atoms with Gasteiger partial charge >= 0.3 is 0 Å². The average molecular weight is 347 g/mol. The van der Waals surface area contributed by atoms with Crippen molar-refractivity contribution in [3.63, 3.8) is 0 Å². The predicted molar refractivity (Wildman–Crippen MR) is 87.9 cm³/mol. The molecule has 0 saturated heterocycles. The molecule has 0 radical (unpaired) electrons. The Bertz CT molecular complexity index is 780. The quantitative estimate of drug-likeness (QED) is 0.744. The van der Waals surface area contributed by atoms with Crippen LogP contribution >= 0.6 is 15.9 Å². The van der Waals surface area contributed by atoms with E-state index in [1.54, 1.807) is 0 Å². The van der Waals surface area contributed by atoms with Gasteiger partial charge in [0.25, 0.3) is 0 Å². The molecule has 0 aliphatic heterocycles. The van der Waals surface area contributed by atoms with Gasteiger partial charge in [0.1, 0.15) is 5.82 Å². The van der Waals surface area contributed by atoms with Crippen LogP contribution in [0, 0.1) is 5.82 Å². The minimum atomic E-state index is -0.183. The SMILES string of the molecule is CNCc1ccc2ccn(Cc3ccc(Br)cc3F)c2c1. The molecular weight excluding hydrogens is 331 g/mol. The van der Waals surface area contributed by atoms with Gasteiger partial charge in [0.05, 0.1) is 6.54 Å². The normalized spacial score (nSPS) is 11.2. The maximum absolute atomic E-state index is 14.0. The first-order valence-electron chi connectivity index (χ1n) is 6.83. The van der Waals surface area contributed by atoms with Crippen molar-refractivity contribution in [2.45, 2.75) is 13.1 Å². The summed E-state index contributed by atoms with van der Waals surface area (Å²) in [5.41, 5.74) is 3.04. The van der Waals surface area contributed by atoms with E-state index in [0.717, 1.165) is 16.5 Å². The highest BCUT2D eigenvalue weighted by molar-refractivity contribution is 9.10. The first kappa shape index (κ1) is 14.3. The van der Waals surface area contributed by atoms with Gasteiger partial charge in [0, 0.05) is 28.3 Å². The molecule has 1 heterocycles. The summed E-state index contributed by atoms with van der Waals surface area (Å²) in [5.74, 6) is -0.183. The number of benzene rings is 2. The number of nitrogens with zero attached hydrogens (tertiary/aromatic N) is 1. The van der Waals surface area contributed by atoms with E-state index in [9.17, 15) is 4.39 Å². The van der Waals surface area contributed by atoms with Crippen molar-refractivity contribution in [3.8, 4) is 0 Å². The van der Waals surface area contributed by atoms with Crippen molar-refractivity contribution in [1.29, 1.82) is 0 Å². The molecule has 0 amide bonds. The standard InChI is InChI=1S/C17H16BrFN2/c1-20-10-12-2-3-13-6-7-21(17(13)8-12)11-14-4-5-15(18)9-16(14)19/h2-9,20H,10-11H2,1H3. The van der Waals surface area contributed by atoms with E-state index < -0.39 is 0 Å². The Balaban J connectivity index is 1.98. The lowest BCUT2D eigenvalue weighted by molar-refractivity contribution is 0.601. The molecule has 1 N–H and O–H groups in total. The van der Waals surface area contributed by atoms with Gasteiger partial charge in [-0.3, -0.25) is 0 Å². The highest BCUT2D eigenvalue weighted by atomic mass is 79.9. The monoisotopic (exact) mass is 346 g/mol. The molecule has 0 aliphatic carbocycles. The Morgan fingerprint density at radius 2 is 2.00 bits per heavy atom. The van der Waals surface area contributed by atoms with Gasteiger partial charge in [-0.05, 0) is 42.3 Å². The topological polar surface area (TPSA) is 17.0 Å². The second-order valence-corrected chi connectivity index (χ2v) is 6.02. The van der Waals surface area contributed by atoms with Crippen LogP contribution in [0.25, 0.3) is 10.9 Å². The van der Waals surface area contributed by atoms with Gasteiger partial charge in [-0.25, -0.2) is 4.39 Å². The first-order valence-corrected chi connectivity index (χ1v) is 7.63. The largest absolute Gasteiger partial charge is 0.343 e. The zero-order valence-electron chi connectivity index (χ0n) is 11.7. The third-order valence-corrected chi connectivity index (χ3v) is 4.07. The van der Waals surface area contributed by atoms with Crippen molar-refractivity contribution in [2.75, 3.05) is 7.05 Å². The molecule has 3 rings (SSSR count). The zero-order valence-corrected chi connectivity index (χ0v) is 13.3.